The van der Waals surface area contributed by atoms with Crippen LogP contribution in [0.15, 0.2) is 47.3 Å². The first kappa shape index (κ1) is 14.8. The van der Waals surface area contributed by atoms with Crippen LogP contribution in [0.4, 0.5) is 5.95 Å². The summed E-state index contributed by atoms with van der Waals surface area (Å²) in [6.07, 6.45) is 5.66. The maximum Gasteiger partial charge on any atom is 0.271 e. The molecule has 3 heterocycles. The summed E-state index contributed by atoms with van der Waals surface area (Å²) in [5, 5.41) is 12.6. The van der Waals surface area contributed by atoms with Crippen LogP contribution in [-0.4, -0.2) is 39.2 Å². The molecule has 0 unspecified atom stereocenters. The van der Waals surface area contributed by atoms with E-state index in [0.717, 1.165) is 6.42 Å². The molecule has 8 nitrogen and oxygen atoms in total. The Morgan fingerprint density at radius 1 is 1.22 bits per heavy atom. The average molecular weight is 312 g/mol. The Labute approximate surface area is 132 Å². The number of aromatic amines is 1. The molecule has 0 aliphatic heterocycles. The van der Waals surface area contributed by atoms with Crippen LogP contribution in [0.3, 0.4) is 0 Å². The molecule has 0 saturated heterocycles. The van der Waals surface area contributed by atoms with Crippen molar-refractivity contribution in [1.29, 1.82) is 0 Å². The fraction of sp³-hybridized carbons (Fsp3) is 0.200. The predicted octanol–water partition coefficient (Wildman–Crippen LogP) is 1.69. The van der Waals surface area contributed by atoms with Crippen molar-refractivity contribution in [2.24, 2.45) is 0 Å². The van der Waals surface area contributed by atoms with E-state index in [-0.39, 0.29) is 5.91 Å². The Morgan fingerprint density at radius 3 is 2.87 bits per heavy atom. The van der Waals surface area contributed by atoms with Gasteiger partial charge in [0, 0.05) is 31.5 Å². The van der Waals surface area contributed by atoms with Gasteiger partial charge in [-0.1, -0.05) is 0 Å². The molecule has 3 aromatic rings. The quantitative estimate of drug-likeness (QED) is 0.573. The molecule has 0 spiro atoms. The molecule has 3 N–H and O–H groups in total. The lowest BCUT2D eigenvalue weighted by molar-refractivity contribution is 0.0948. The van der Waals surface area contributed by atoms with E-state index in [1.54, 1.807) is 42.9 Å². The van der Waals surface area contributed by atoms with E-state index in [9.17, 15) is 4.79 Å². The number of carbonyl (C=O) groups is 1. The van der Waals surface area contributed by atoms with Crippen molar-refractivity contribution < 1.29 is 9.21 Å². The zero-order valence-corrected chi connectivity index (χ0v) is 12.3. The Kier molecular flexibility index (Phi) is 4.63. The van der Waals surface area contributed by atoms with Crippen molar-refractivity contribution in [3.63, 3.8) is 0 Å². The second-order valence-corrected chi connectivity index (χ2v) is 4.75. The Balaban J connectivity index is 1.41. The predicted molar refractivity (Wildman–Crippen MR) is 83.8 cm³/mol. The molecule has 0 aromatic carbocycles. The normalized spacial score (nSPS) is 10.4. The molecule has 0 radical (unpaired) electrons. The van der Waals surface area contributed by atoms with Crippen molar-refractivity contribution in [2.45, 2.75) is 6.42 Å². The molecule has 1 amide bonds. The third-order valence-electron chi connectivity index (χ3n) is 3.09. The number of amides is 1. The maximum atomic E-state index is 12.0. The molecule has 8 heteroatoms. The van der Waals surface area contributed by atoms with Gasteiger partial charge >= 0.3 is 0 Å². The number of hydrogen-bond donors (Lipinski definition) is 3. The largest absolute Gasteiger partial charge is 0.463 e. The van der Waals surface area contributed by atoms with Crippen molar-refractivity contribution in [3.8, 4) is 11.5 Å². The number of rotatable bonds is 7. The number of carbonyl (C=O) groups excluding carboxylic acids is 1. The number of nitrogens with zero attached hydrogens (tertiary/aromatic N) is 3. The summed E-state index contributed by atoms with van der Waals surface area (Å²) < 4.78 is 5.24. The van der Waals surface area contributed by atoms with Gasteiger partial charge in [-0.25, -0.2) is 9.97 Å². The maximum absolute atomic E-state index is 12.0. The van der Waals surface area contributed by atoms with E-state index in [0.29, 0.717) is 36.2 Å². The van der Waals surface area contributed by atoms with Crippen LogP contribution in [0, 0.1) is 0 Å². The number of H-pyrrole nitrogens is 1. The van der Waals surface area contributed by atoms with E-state index < -0.39 is 0 Å². The Morgan fingerprint density at radius 2 is 2.09 bits per heavy atom. The van der Waals surface area contributed by atoms with Gasteiger partial charge in [0.25, 0.3) is 5.91 Å². The van der Waals surface area contributed by atoms with Crippen LogP contribution >= 0.6 is 0 Å². The molecule has 118 valence electrons. The van der Waals surface area contributed by atoms with Gasteiger partial charge < -0.3 is 15.1 Å². The fourth-order valence-corrected chi connectivity index (χ4v) is 1.97. The van der Waals surface area contributed by atoms with Crippen LogP contribution in [0.2, 0.25) is 0 Å². The summed E-state index contributed by atoms with van der Waals surface area (Å²) in [7, 11) is 0. The van der Waals surface area contributed by atoms with Crippen molar-refractivity contribution >= 4 is 11.9 Å². The molecule has 0 atom stereocenters. The highest BCUT2D eigenvalue weighted by molar-refractivity contribution is 5.93. The lowest BCUT2D eigenvalue weighted by Crippen LogP contribution is -2.26. The van der Waals surface area contributed by atoms with Gasteiger partial charge in [0.05, 0.1) is 6.26 Å². The smallest absolute Gasteiger partial charge is 0.271 e. The number of aromatic nitrogens is 4. The van der Waals surface area contributed by atoms with Gasteiger partial charge in [-0.3, -0.25) is 9.89 Å². The van der Waals surface area contributed by atoms with Crippen LogP contribution < -0.4 is 10.6 Å². The van der Waals surface area contributed by atoms with Gasteiger partial charge in [0.2, 0.25) is 5.95 Å². The highest BCUT2D eigenvalue weighted by Crippen LogP contribution is 2.17. The minimum Gasteiger partial charge on any atom is -0.463 e. The van der Waals surface area contributed by atoms with Crippen molar-refractivity contribution in [2.75, 3.05) is 18.4 Å². The molecule has 0 aliphatic carbocycles. The number of nitrogens with one attached hydrogen (secondary N) is 3. The third-order valence-corrected chi connectivity index (χ3v) is 3.09. The van der Waals surface area contributed by atoms with Crippen molar-refractivity contribution in [1.82, 2.24) is 25.5 Å². The molecule has 0 saturated carbocycles. The van der Waals surface area contributed by atoms with Crippen LogP contribution in [0.25, 0.3) is 11.5 Å². The topological polar surface area (TPSA) is 109 Å². The van der Waals surface area contributed by atoms with E-state index in [2.05, 4.69) is 30.8 Å². The van der Waals surface area contributed by atoms with E-state index >= 15 is 0 Å². The molecule has 3 rings (SSSR count). The SMILES string of the molecule is O=C(NCCCNc1ncccn1)c1cc(-c2ccco2)[nH]n1. The van der Waals surface area contributed by atoms with Crippen LogP contribution in [0.1, 0.15) is 16.9 Å². The summed E-state index contributed by atoms with van der Waals surface area (Å²) in [5.74, 6) is 0.993. The third kappa shape index (κ3) is 3.94. The van der Waals surface area contributed by atoms with Gasteiger partial charge in [0.1, 0.15) is 5.69 Å². The van der Waals surface area contributed by atoms with Gasteiger partial charge in [-0.05, 0) is 24.6 Å². The molecule has 3 aromatic heterocycles. The first-order chi connectivity index (χ1) is 11.3. The highest BCUT2D eigenvalue weighted by Gasteiger charge is 2.11. The average Bonchev–Trinajstić information content (AvgIpc) is 3.26. The second-order valence-electron chi connectivity index (χ2n) is 4.75. The number of hydrogen-bond acceptors (Lipinski definition) is 6. The number of furan rings is 1. The zero-order valence-electron chi connectivity index (χ0n) is 12.3. The molecule has 23 heavy (non-hydrogen) atoms. The monoisotopic (exact) mass is 312 g/mol. The number of anilines is 1. The van der Waals surface area contributed by atoms with Gasteiger partial charge in [-0.15, -0.1) is 0 Å². The molecule has 0 fully saturated rings. The summed E-state index contributed by atoms with van der Waals surface area (Å²) >= 11 is 0. The summed E-state index contributed by atoms with van der Waals surface area (Å²) in [6, 6.07) is 6.99. The van der Waals surface area contributed by atoms with Crippen LogP contribution in [0.5, 0.6) is 0 Å². The fourth-order valence-electron chi connectivity index (χ4n) is 1.97. The summed E-state index contributed by atoms with van der Waals surface area (Å²) in [6.45, 7) is 1.20. The minimum atomic E-state index is -0.227. The molecule has 0 bridgehead atoms. The standard InChI is InChI=1S/C15H16N6O2/c22-14(12-10-11(20-21-12)13-4-1-9-23-13)16-5-2-6-17-15-18-7-3-8-19-15/h1,3-4,7-10H,2,5-6H2,(H,16,22)(H,20,21)(H,17,18,19). The Hall–Kier alpha value is -3.16. The van der Waals surface area contributed by atoms with Crippen LogP contribution in [-0.2, 0) is 0 Å². The first-order valence-corrected chi connectivity index (χ1v) is 7.21. The van der Waals surface area contributed by atoms with E-state index in [4.69, 9.17) is 4.42 Å². The minimum absolute atomic E-state index is 0.227. The molecule has 0 aliphatic rings. The van der Waals surface area contributed by atoms with E-state index in [1.165, 1.54) is 0 Å². The summed E-state index contributed by atoms with van der Waals surface area (Å²) in [4.78, 5) is 20.1. The summed E-state index contributed by atoms with van der Waals surface area (Å²) in [5.41, 5.74) is 0.999. The first-order valence-electron chi connectivity index (χ1n) is 7.21. The van der Waals surface area contributed by atoms with E-state index in [1.807, 2.05) is 0 Å². The molecular formula is C15H16N6O2. The second kappa shape index (κ2) is 7.21. The van der Waals surface area contributed by atoms with Crippen molar-refractivity contribution in [3.05, 3.63) is 48.6 Å². The lowest BCUT2D eigenvalue weighted by atomic mass is 10.3. The lowest BCUT2D eigenvalue weighted by Gasteiger charge is -2.05. The van der Waals surface area contributed by atoms with Gasteiger partial charge in [-0.2, -0.15) is 5.10 Å². The Bertz CT molecular complexity index is 738. The zero-order chi connectivity index (χ0) is 15.9. The van der Waals surface area contributed by atoms with Gasteiger partial charge in [0.15, 0.2) is 11.5 Å². The molecular weight excluding hydrogens is 296 g/mol. The highest BCUT2D eigenvalue weighted by atomic mass is 16.3.